The summed E-state index contributed by atoms with van der Waals surface area (Å²) in [6.45, 7) is 0. The lowest BCUT2D eigenvalue weighted by atomic mass is 10.0. The van der Waals surface area contributed by atoms with E-state index in [2.05, 4.69) is 120 Å². The Morgan fingerprint density at radius 1 is 0.351 bits per heavy atom. The number of para-hydroxylation sites is 3. The molecule has 0 atom stereocenters. The lowest BCUT2D eigenvalue weighted by molar-refractivity contribution is 0.669. The molecule has 0 aliphatic rings. The Morgan fingerprint density at radius 2 is 0.982 bits per heavy atom. The first kappa shape index (κ1) is 31.5. The quantitative estimate of drug-likeness (QED) is 0.176. The van der Waals surface area contributed by atoms with Crippen molar-refractivity contribution in [2.24, 2.45) is 0 Å². The Kier molecular flexibility index (Phi) is 6.83. The number of rotatable bonds is 5. The van der Waals surface area contributed by atoms with Crippen LogP contribution in [0, 0.1) is 0 Å². The number of fused-ring (bicyclic) bond motifs is 9. The number of hydrogen-bond donors (Lipinski definition) is 0. The highest BCUT2D eigenvalue weighted by molar-refractivity contribution is 6.15. The standard InChI is InChI=1S/C51H30N4O2/c1-3-13-31(14-4-1)33-25-28-39-46(30-33)56-45-24-12-22-42(47(39)45)55-41-21-9-7-17-35(41)36-27-26-34(29-43(36)55)50-52-49(32-15-5-2-6-16-32)53-51(54-50)40-20-11-19-38-37-18-8-10-23-44(37)57-48(38)40/h1-30H. The van der Waals surface area contributed by atoms with Gasteiger partial charge in [-0.2, -0.15) is 0 Å². The molecule has 0 fully saturated rings. The molecule has 0 saturated heterocycles. The summed E-state index contributed by atoms with van der Waals surface area (Å²) in [6, 6.07) is 62.7. The van der Waals surface area contributed by atoms with Crippen molar-refractivity contribution < 1.29 is 8.83 Å². The van der Waals surface area contributed by atoms with Gasteiger partial charge in [0.25, 0.3) is 0 Å². The second-order valence-electron chi connectivity index (χ2n) is 14.4. The average Bonchev–Trinajstić information content (AvgIpc) is 3.96. The molecule has 4 aromatic heterocycles. The third-order valence-corrected chi connectivity index (χ3v) is 11.1. The minimum atomic E-state index is 0.550. The number of furan rings is 2. The molecule has 6 heteroatoms. The van der Waals surface area contributed by atoms with Crippen LogP contribution in [0.15, 0.2) is 191 Å². The minimum Gasteiger partial charge on any atom is -0.456 e. The van der Waals surface area contributed by atoms with Gasteiger partial charge in [-0.25, -0.2) is 15.0 Å². The van der Waals surface area contributed by atoms with Gasteiger partial charge in [-0.05, 0) is 59.7 Å². The predicted octanol–water partition coefficient (Wildman–Crippen LogP) is 13.4. The summed E-state index contributed by atoms with van der Waals surface area (Å²) in [7, 11) is 0. The molecule has 6 nitrogen and oxygen atoms in total. The molecule has 0 aliphatic heterocycles. The number of aromatic nitrogens is 4. The fraction of sp³-hybridized carbons (Fsp3) is 0. The Bertz CT molecular complexity index is 3530. The topological polar surface area (TPSA) is 69.9 Å². The SMILES string of the molecule is c1ccc(-c2ccc3c(c2)oc2cccc(-n4c5ccccc5c5ccc(-c6nc(-c7ccccc7)nc(-c7cccc8c7oc7ccccc78)n6)cc54)c23)cc1. The molecule has 0 saturated carbocycles. The molecule has 0 aliphatic carbocycles. The van der Waals surface area contributed by atoms with Crippen LogP contribution in [-0.4, -0.2) is 19.5 Å². The maximum atomic E-state index is 6.58. The summed E-state index contributed by atoms with van der Waals surface area (Å²) in [5.41, 5.74) is 11.3. The van der Waals surface area contributed by atoms with Crippen molar-refractivity contribution >= 4 is 65.7 Å². The van der Waals surface area contributed by atoms with E-state index in [9.17, 15) is 0 Å². The molecule has 12 rings (SSSR count). The molecular weight excluding hydrogens is 701 g/mol. The average molecular weight is 731 g/mol. The number of nitrogens with zero attached hydrogens (tertiary/aromatic N) is 4. The zero-order valence-electron chi connectivity index (χ0n) is 30.4. The van der Waals surface area contributed by atoms with Crippen LogP contribution in [0.25, 0.3) is 117 Å². The zero-order chi connectivity index (χ0) is 37.5. The van der Waals surface area contributed by atoms with E-state index in [-0.39, 0.29) is 0 Å². The van der Waals surface area contributed by atoms with E-state index in [1.807, 2.05) is 66.7 Å². The largest absolute Gasteiger partial charge is 0.456 e. The van der Waals surface area contributed by atoms with E-state index >= 15 is 0 Å². The minimum absolute atomic E-state index is 0.550. The van der Waals surface area contributed by atoms with Crippen LogP contribution in [0.5, 0.6) is 0 Å². The van der Waals surface area contributed by atoms with E-state index in [4.69, 9.17) is 23.8 Å². The fourth-order valence-electron chi connectivity index (χ4n) is 8.44. The molecule has 12 aromatic rings. The predicted molar refractivity (Wildman–Crippen MR) is 230 cm³/mol. The van der Waals surface area contributed by atoms with Gasteiger partial charge in [-0.15, -0.1) is 0 Å². The summed E-state index contributed by atoms with van der Waals surface area (Å²) in [6.07, 6.45) is 0. The first-order chi connectivity index (χ1) is 28.2. The Balaban J connectivity index is 1.09. The second-order valence-corrected chi connectivity index (χ2v) is 14.4. The molecule has 0 N–H and O–H groups in total. The van der Waals surface area contributed by atoms with Crippen LogP contribution in [0.1, 0.15) is 0 Å². The zero-order valence-corrected chi connectivity index (χ0v) is 30.4. The highest BCUT2D eigenvalue weighted by atomic mass is 16.3. The van der Waals surface area contributed by atoms with E-state index < -0.39 is 0 Å². The number of hydrogen-bond acceptors (Lipinski definition) is 5. The van der Waals surface area contributed by atoms with E-state index in [0.717, 1.165) is 99.2 Å². The maximum Gasteiger partial charge on any atom is 0.167 e. The fourth-order valence-corrected chi connectivity index (χ4v) is 8.44. The summed E-state index contributed by atoms with van der Waals surface area (Å²) < 4.78 is 15.4. The molecule has 266 valence electrons. The monoisotopic (exact) mass is 730 g/mol. The van der Waals surface area contributed by atoms with Gasteiger partial charge >= 0.3 is 0 Å². The normalized spacial score (nSPS) is 11.9. The summed E-state index contributed by atoms with van der Waals surface area (Å²) in [5, 5.41) is 6.50. The van der Waals surface area contributed by atoms with Crippen LogP contribution < -0.4 is 0 Å². The van der Waals surface area contributed by atoms with Gasteiger partial charge in [0.1, 0.15) is 22.3 Å². The molecule has 8 aromatic carbocycles. The molecule has 0 radical (unpaired) electrons. The van der Waals surface area contributed by atoms with Crippen LogP contribution >= 0.6 is 0 Å². The van der Waals surface area contributed by atoms with Gasteiger partial charge in [0.05, 0.1) is 27.7 Å². The third kappa shape index (κ3) is 4.94. The lowest BCUT2D eigenvalue weighted by Crippen LogP contribution is -2.01. The van der Waals surface area contributed by atoms with Crippen molar-refractivity contribution in [3.8, 4) is 51.0 Å². The van der Waals surface area contributed by atoms with Crippen molar-refractivity contribution in [2.45, 2.75) is 0 Å². The van der Waals surface area contributed by atoms with E-state index in [0.29, 0.717) is 17.5 Å². The smallest absolute Gasteiger partial charge is 0.167 e. The van der Waals surface area contributed by atoms with Gasteiger partial charge in [0, 0.05) is 38.1 Å². The molecular formula is C51H30N4O2. The highest BCUT2D eigenvalue weighted by Gasteiger charge is 2.21. The van der Waals surface area contributed by atoms with Gasteiger partial charge < -0.3 is 13.4 Å². The van der Waals surface area contributed by atoms with Crippen LogP contribution in [0.3, 0.4) is 0 Å². The summed E-state index contributed by atoms with van der Waals surface area (Å²) in [5.74, 6) is 1.72. The molecule has 0 unspecified atom stereocenters. The summed E-state index contributed by atoms with van der Waals surface area (Å²) in [4.78, 5) is 15.4. The molecule has 0 spiro atoms. The van der Waals surface area contributed by atoms with Crippen molar-refractivity contribution in [1.29, 1.82) is 0 Å². The van der Waals surface area contributed by atoms with Gasteiger partial charge in [0.2, 0.25) is 0 Å². The van der Waals surface area contributed by atoms with Crippen LogP contribution in [0.4, 0.5) is 0 Å². The van der Waals surface area contributed by atoms with Crippen molar-refractivity contribution in [3.63, 3.8) is 0 Å². The molecule has 57 heavy (non-hydrogen) atoms. The van der Waals surface area contributed by atoms with Crippen molar-refractivity contribution in [1.82, 2.24) is 19.5 Å². The van der Waals surface area contributed by atoms with Gasteiger partial charge in [0.15, 0.2) is 17.5 Å². The van der Waals surface area contributed by atoms with Crippen molar-refractivity contribution in [3.05, 3.63) is 182 Å². The molecule has 0 bridgehead atoms. The Morgan fingerprint density at radius 3 is 1.84 bits per heavy atom. The lowest BCUT2D eigenvalue weighted by Gasteiger charge is -2.11. The van der Waals surface area contributed by atoms with Gasteiger partial charge in [-0.3, -0.25) is 0 Å². The Labute approximate surface area is 325 Å². The Hall–Kier alpha value is -7.83. The first-order valence-electron chi connectivity index (χ1n) is 19.0. The van der Waals surface area contributed by atoms with E-state index in [1.165, 1.54) is 0 Å². The molecule has 4 heterocycles. The van der Waals surface area contributed by atoms with Crippen LogP contribution in [0.2, 0.25) is 0 Å². The summed E-state index contributed by atoms with van der Waals surface area (Å²) >= 11 is 0. The van der Waals surface area contributed by atoms with Gasteiger partial charge in [-0.1, -0.05) is 133 Å². The highest BCUT2D eigenvalue weighted by Crippen LogP contribution is 2.41. The number of benzene rings is 8. The third-order valence-electron chi connectivity index (χ3n) is 11.1. The second kappa shape index (κ2) is 12.3. The maximum absolute atomic E-state index is 6.58. The van der Waals surface area contributed by atoms with E-state index in [1.54, 1.807) is 0 Å². The first-order valence-corrected chi connectivity index (χ1v) is 19.0. The van der Waals surface area contributed by atoms with Crippen LogP contribution in [-0.2, 0) is 0 Å². The van der Waals surface area contributed by atoms with Crippen molar-refractivity contribution in [2.75, 3.05) is 0 Å². The molecule has 0 amide bonds.